The molecule has 1 heterocycles. The Labute approximate surface area is 186 Å². The quantitative estimate of drug-likeness (QED) is 0.509. The van der Waals surface area contributed by atoms with E-state index < -0.39 is 5.41 Å². The number of carbonyl (C=O) groups is 1. The van der Waals surface area contributed by atoms with Gasteiger partial charge in [0, 0.05) is 25.6 Å². The molecule has 9 nitrogen and oxygen atoms in total. The predicted octanol–water partition coefficient (Wildman–Crippen LogP) is 2.45. The van der Waals surface area contributed by atoms with E-state index in [2.05, 4.69) is 10.4 Å². The Balaban J connectivity index is 1.85. The van der Waals surface area contributed by atoms with Gasteiger partial charge in [0.1, 0.15) is 18.1 Å². The molecule has 0 amide bonds. The first-order valence-electron chi connectivity index (χ1n) is 10.2. The van der Waals surface area contributed by atoms with Gasteiger partial charge in [-0.1, -0.05) is 19.9 Å². The lowest BCUT2D eigenvalue weighted by atomic mass is 9.86. The van der Waals surface area contributed by atoms with Crippen LogP contribution < -0.4 is 15.2 Å². The monoisotopic (exact) mass is 440 g/mol. The number of aromatic nitrogens is 4. The fourth-order valence-corrected chi connectivity index (χ4v) is 3.28. The molecule has 0 saturated carbocycles. The normalized spacial score (nSPS) is 11.4. The van der Waals surface area contributed by atoms with Crippen LogP contribution in [0.3, 0.4) is 0 Å². The van der Waals surface area contributed by atoms with Gasteiger partial charge in [0.2, 0.25) is 0 Å². The topological polar surface area (TPSA) is 108 Å². The van der Waals surface area contributed by atoms with Crippen molar-refractivity contribution in [1.29, 1.82) is 0 Å². The van der Waals surface area contributed by atoms with E-state index in [9.17, 15) is 14.7 Å². The fourth-order valence-electron chi connectivity index (χ4n) is 3.28. The highest BCUT2D eigenvalue weighted by molar-refractivity contribution is 5.96. The Morgan fingerprint density at radius 2 is 1.91 bits per heavy atom. The predicted molar refractivity (Wildman–Crippen MR) is 118 cm³/mol. The smallest absolute Gasteiger partial charge is 0.368 e. The number of tetrazole rings is 1. The number of aryl methyl sites for hydroxylation is 2. The number of methoxy groups -OCH3 is 1. The van der Waals surface area contributed by atoms with Gasteiger partial charge in [0.25, 0.3) is 0 Å². The molecule has 0 unspecified atom stereocenters. The van der Waals surface area contributed by atoms with Crippen molar-refractivity contribution in [1.82, 2.24) is 19.8 Å². The van der Waals surface area contributed by atoms with Crippen molar-refractivity contribution in [3.05, 3.63) is 63.6 Å². The minimum absolute atomic E-state index is 0.0345. The Bertz CT molecular complexity index is 1180. The first-order chi connectivity index (χ1) is 15.2. The molecule has 3 rings (SSSR count). The lowest BCUT2D eigenvalue weighted by molar-refractivity contribution is 0.0858. The van der Waals surface area contributed by atoms with E-state index in [0.717, 1.165) is 10.2 Å². The standard InChI is InChI=1S/C23H28N4O5/c1-15-11-16(19(29)12-23(2,3)14-28)9-10-20(15)32-13-17-18(7-6-8-21(17)31-5)27-22(30)26(4)24-25-27/h6-11,28H,12-14H2,1-5H3. The van der Waals surface area contributed by atoms with Crippen molar-refractivity contribution >= 4 is 5.78 Å². The number of ether oxygens (including phenoxy) is 2. The van der Waals surface area contributed by atoms with Crippen LogP contribution in [0.5, 0.6) is 11.5 Å². The van der Waals surface area contributed by atoms with Gasteiger partial charge in [0.15, 0.2) is 5.78 Å². The molecule has 0 radical (unpaired) electrons. The van der Waals surface area contributed by atoms with Crippen LogP contribution >= 0.6 is 0 Å². The van der Waals surface area contributed by atoms with Gasteiger partial charge in [-0.25, -0.2) is 4.79 Å². The zero-order valence-corrected chi connectivity index (χ0v) is 19.0. The van der Waals surface area contributed by atoms with Crippen LogP contribution in [0.2, 0.25) is 0 Å². The van der Waals surface area contributed by atoms with E-state index in [4.69, 9.17) is 9.47 Å². The Morgan fingerprint density at radius 3 is 2.50 bits per heavy atom. The summed E-state index contributed by atoms with van der Waals surface area (Å²) in [7, 11) is 3.07. The molecule has 0 aliphatic rings. The molecule has 170 valence electrons. The highest BCUT2D eigenvalue weighted by atomic mass is 16.5. The van der Waals surface area contributed by atoms with E-state index in [-0.39, 0.29) is 31.1 Å². The summed E-state index contributed by atoms with van der Waals surface area (Å²) in [5.74, 6) is 1.12. The highest BCUT2D eigenvalue weighted by Crippen LogP contribution is 2.28. The molecule has 0 fully saturated rings. The molecule has 3 aromatic rings. The van der Waals surface area contributed by atoms with E-state index in [1.54, 1.807) is 43.5 Å². The van der Waals surface area contributed by atoms with Gasteiger partial charge in [-0.3, -0.25) is 4.79 Å². The Morgan fingerprint density at radius 1 is 1.16 bits per heavy atom. The van der Waals surface area contributed by atoms with E-state index >= 15 is 0 Å². The summed E-state index contributed by atoms with van der Waals surface area (Å²) in [6, 6.07) is 10.5. The average molecular weight is 441 g/mol. The molecule has 0 bridgehead atoms. The van der Waals surface area contributed by atoms with Crippen LogP contribution in [0.25, 0.3) is 5.69 Å². The lowest BCUT2D eigenvalue weighted by Crippen LogP contribution is -2.23. The molecule has 1 aromatic heterocycles. The van der Waals surface area contributed by atoms with Gasteiger partial charge < -0.3 is 14.6 Å². The highest BCUT2D eigenvalue weighted by Gasteiger charge is 2.22. The van der Waals surface area contributed by atoms with E-state index in [1.807, 2.05) is 20.8 Å². The molecular formula is C23H28N4O5. The molecule has 2 aromatic carbocycles. The summed E-state index contributed by atoms with van der Waals surface area (Å²) < 4.78 is 13.8. The molecule has 0 spiro atoms. The Kier molecular flexibility index (Phi) is 6.78. The molecule has 0 saturated heterocycles. The first-order valence-corrected chi connectivity index (χ1v) is 10.2. The fraction of sp³-hybridized carbons (Fsp3) is 0.391. The van der Waals surface area contributed by atoms with Gasteiger partial charge in [-0.05, 0) is 58.7 Å². The minimum Gasteiger partial charge on any atom is -0.496 e. The maximum Gasteiger partial charge on any atom is 0.368 e. The molecular weight excluding hydrogens is 412 g/mol. The van der Waals surface area contributed by atoms with Gasteiger partial charge in [-0.2, -0.15) is 9.36 Å². The van der Waals surface area contributed by atoms with Crippen molar-refractivity contribution in [3.8, 4) is 17.2 Å². The molecule has 9 heteroatoms. The number of hydrogen-bond acceptors (Lipinski definition) is 7. The summed E-state index contributed by atoms with van der Waals surface area (Å²) in [5.41, 5.74) is 1.66. The van der Waals surface area contributed by atoms with Crippen LogP contribution in [0, 0.1) is 12.3 Å². The number of aliphatic hydroxyl groups excluding tert-OH is 1. The molecule has 32 heavy (non-hydrogen) atoms. The van der Waals surface area contributed by atoms with Crippen LogP contribution in [-0.4, -0.2) is 44.4 Å². The van der Waals surface area contributed by atoms with Crippen LogP contribution in [0.15, 0.2) is 41.2 Å². The summed E-state index contributed by atoms with van der Waals surface area (Å²) >= 11 is 0. The maximum atomic E-state index is 12.6. The molecule has 0 aliphatic heterocycles. The lowest BCUT2D eigenvalue weighted by Gasteiger charge is -2.20. The van der Waals surface area contributed by atoms with Crippen LogP contribution in [0.1, 0.15) is 41.8 Å². The van der Waals surface area contributed by atoms with Crippen molar-refractivity contribution in [2.75, 3.05) is 13.7 Å². The third kappa shape index (κ3) is 4.88. The third-order valence-corrected chi connectivity index (χ3v) is 5.21. The van der Waals surface area contributed by atoms with Crippen LogP contribution in [-0.2, 0) is 13.7 Å². The number of ketones is 1. The number of benzene rings is 2. The Hall–Kier alpha value is -3.46. The largest absolute Gasteiger partial charge is 0.496 e. The van der Waals surface area contributed by atoms with Gasteiger partial charge in [0.05, 0.1) is 18.4 Å². The summed E-state index contributed by atoms with van der Waals surface area (Å²) in [4.78, 5) is 24.9. The summed E-state index contributed by atoms with van der Waals surface area (Å²) in [6.45, 7) is 5.62. The second-order valence-corrected chi connectivity index (χ2v) is 8.45. The van der Waals surface area contributed by atoms with Gasteiger partial charge in [-0.15, -0.1) is 0 Å². The second kappa shape index (κ2) is 9.35. The van der Waals surface area contributed by atoms with Crippen LogP contribution in [0.4, 0.5) is 0 Å². The molecule has 1 N–H and O–H groups in total. The number of aliphatic hydroxyl groups is 1. The zero-order valence-electron chi connectivity index (χ0n) is 19.0. The number of Topliss-reactive ketones (excluding diaryl/α,β-unsaturated/α-hetero) is 1. The number of carbonyl (C=O) groups excluding carboxylic acids is 1. The number of hydrogen-bond donors (Lipinski definition) is 1. The van der Waals surface area contributed by atoms with Crippen molar-refractivity contribution in [2.24, 2.45) is 12.5 Å². The number of nitrogens with zero attached hydrogens (tertiary/aromatic N) is 4. The SMILES string of the molecule is COc1cccc(-n2nnn(C)c2=O)c1COc1ccc(C(=O)CC(C)(C)CO)cc1C. The second-order valence-electron chi connectivity index (χ2n) is 8.45. The summed E-state index contributed by atoms with van der Waals surface area (Å²) in [5, 5.41) is 17.1. The van der Waals surface area contributed by atoms with Crippen molar-refractivity contribution in [3.63, 3.8) is 0 Å². The molecule has 0 atom stereocenters. The van der Waals surface area contributed by atoms with Crippen molar-refractivity contribution < 1.29 is 19.4 Å². The van der Waals surface area contributed by atoms with Gasteiger partial charge >= 0.3 is 5.69 Å². The zero-order chi connectivity index (χ0) is 23.5. The van der Waals surface area contributed by atoms with E-state index in [1.165, 1.54) is 11.7 Å². The average Bonchev–Trinajstić information content (AvgIpc) is 3.10. The maximum absolute atomic E-state index is 12.6. The number of rotatable bonds is 9. The van der Waals surface area contributed by atoms with Crippen molar-refractivity contribution in [2.45, 2.75) is 33.8 Å². The first kappa shape index (κ1) is 23.2. The summed E-state index contributed by atoms with van der Waals surface area (Å²) in [6.07, 6.45) is 0.251. The third-order valence-electron chi connectivity index (χ3n) is 5.21. The van der Waals surface area contributed by atoms with E-state index in [0.29, 0.717) is 28.3 Å². The minimum atomic E-state index is -0.473. The molecule has 0 aliphatic carbocycles.